The van der Waals surface area contributed by atoms with Crippen LogP contribution in [0.4, 0.5) is 5.13 Å². The highest BCUT2D eigenvalue weighted by Gasteiger charge is 2.08. The lowest BCUT2D eigenvalue weighted by Gasteiger charge is -2.05. The monoisotopic (exact) mass is 281 g/mol. The average molecular weight is 281 g/mol. The summed E-state index contributed by atoms with van der Waals surface area (Å²) in [7, 11) is 0. The number of rotatable bonds is 6. The van der Waals surface area contributed by atoms with Crippen LogP contribution in [-0.4, -0.2) is 42.4 Å². The molecule has 0 unspecified atom stereocenters. The van der Waals surface area contributed by atoms with Gasteiger partial charge in [0.25, 0.3) is 5.91 Å². The lowest BCUT2D eigenvalue weighted by molar-refractivity contribution is 0.0838. The molecule has 0 saturated carbocycles. The van der Waals surface area contributed by atoms with Gasteiger partial charge in [0.1, 0.15) is 0 Å². The van der Waals surface area contributed by atoms with Gasteiger partial charge in [-0.1, -0.05) is 11.3 Å². The van der Waals surface area contributed by atoms with Gasteiger partial charge >= 0.3 is 0 Å². The first-order chi connectivity index (χ1) is 9.20. The molecule has 0 aliphatic rings. The van der Waals surface area contributed by atoms with Crippen molar-refractivity contribution in [1.29, 1.82) is 0 Å². The van der Waals surface area contributed by atoms with Crippen LogP contribution in [0.25, 0.3) is 10.2 Å². The molecule has 0 spiro atoms. The standard InChI is InChI=1S/C12H15N3O3S/c13-12-15-9-2-1-8(7-10(9)19-12)11(17)14-3-5-18-6-4-16/h1-2,7,16H,3-6H2,(H2,13,15)(H,14,17). The van der Waals surface area contributed by atoms with Gasteiger partial charge in [0, 0.05) is 12.1 Å². The highest BCUT2D eigenvalue weighted by atomic mass is 32.1. The number of hydrogen-bond acceptors (Lipinski definition) is 6. The van der Waals surface area contributed by atoms with E-state index in [1.165, 1.54) is 11.3 Å². The molecule has 1 aromatic carbocycles. The van der Waals surface area contributed by atoms with Crippen LogP contribution in [0, 0.1) is 0 Å². The molecule has 0 bridgehead atoms. The number of amides is 1. The smallest absolute Gasteiger partial charge is 0.251 e. The predicted octanol–water partition coefficient (Wildman–Crippen LogP) is 0.617. The number of nitrogens with one attached hydrogen (secondary N) is 1. The van der Waals surface area contributed by atoms with Gasteiger partial charge in [-0.2, -0.15) is 0 Å². The maximum Gasteiger partial charge on any atom is 0.251 e. The van der Waals surface area contributed by atoms with E-state index in [0.717, 1.165) is 10.2 Å². The Labute approximate surface area is 114 Å². The van der Waals surface area contributed by atoms with E-state index in [4.69, 9.17) is 15.6 Å². The number of thiazole rings is 1. The summed E-state index contributed by atoms with van der Waals surface area (Å²) in [6.07, 6.45) is 0. The minimum absolute atomic E-state index is 0.0165. The van der Waals surface area contributed by atoms with Gasteiger partial charge in [-0.05, 0) is 18.2 Å². The maximum atomic E-state index is 11.9. The summed E-state index contributed by atoms with van der Waals surface area (Å²) in [5.74, 6) is -0.165. The molecule has 4 N–H and O–H groups in total. The fourth-order valence-corrected chi connectivity index (χ4v) is 2.36. The SMILES string of the molecule is Nc1nc2ccc(C(=O)NCCOCCO)cc2s1. The summed E-state index contributed by atoms with van der Waals surface area (Å²) in [5, 5.41) is 11.8. The summed E-state index contributed by atoms with van der Waals surface area (Å²) in [6.45, 7) is 1.04. The van der Waals surface area contributed by atoms with Crippen molar-refractivity contribution in [1.82, 2.24) is 10.3 Å². The molecule has 0 saturated heterocycles. The second-order valence-electron chi connectivity index (χ2n) is 3.83. The molecule has 2 aromatic rings. The molecule has 0 fully saturated rings. The number of hydrogen-bond donors (Lipinski definition) is 3. The third-order valence-electron chi connectivity index (χ3n) is 2.43. The van der Waals surface area contributed by atoms with Gasteiger partial charge in [-0.3, -0.25) is 4.79 Å². The van der Waals surface area contributed by atoms with Crippen molar-refractivity contribution in [3.05, 3.63) is 23.8 Å². The van der Waals surface area contributed by atoms with Crippen LogP contribution in [0.2, 0.25) is 0 Å². The van der Waals surface area contributed by atoms with Crippen molar-refractivity contribution in [2.45, 2.75) is 0 Å². The second-order valence-corrected chi connectivity index (χ2v) is 4.89. The number of fused-ring (bicyclic) bond motifs is 1. The van der Waals surface area contributed by atoms with Gasteiger partial charge in [0.05, 0.1) is 30.0 Å². The molecule has 102 valence electrons. The number of nitrogens with zero attached hydrogens (tertiary/aromatic N) is 1. The van der Waals surface area contributed by atoms with Gasteiger partial charge < -0.3 is 20.9 Å². The van der Waals surface area contributed by atoms with Crippen LogP contribution in [0.1, 0.15) is 10.4 Å². The first kappa shape index (κ1) is 13.7. The minimum Gasteiger partial charge on any atom is -0.394 e. The highest BCUT2D eigenvalue weighted by Crippen LogP contribution is 2.24. The van der Waals surface area contributed by atoms with Crippen LogP contribution in [-0.2, 0) is 4.74 Å². The first-order valence-electron chi connectivity index (χ1n) is 5.83. The molecular formula is C12H15N3O3S. The van der Waals surface area contributed by atoms with Crippen molar-refractivity contribution in [2.75, 3.05) is 32.1 Å². The molecule has 0 aliphatic carbocycles. The van der Waals surface area contributed by atoms with E-state index in [1.54, 1.807) is 18.2 Å². The molecule has 19 heavy (non-hydrogen) atoms. The number of benzene rings is 1. The number of nitrogen functional groups attached to an aromatic ring is 1. The Bertz CT molecular complexity index is 570. The summed E-state index contributed by atoms with van der Waals surface area (Å²) >= 11 is 1.35. The van der Waals surface area contributed by atoms with Gasteiger partial charge in [-0.15, -0.1) is 0 Å². The van der Waals surface area contributed by atoms with Crippen molar-refractivity contribution in [3.63, 3.8) is 0 Å². The van der Waals surface area contributed by atoms with Crippen molar-refractivity contribution in [2.24, 2.45) is 0 Å². The third-order valence-corrected chi connectivity index (χ3v) is 3.28. The van der Waals surface area contributed by atoms with Crippen LogP contribution >= 0.6 is 11.3 Å². The van der Waals surface area contributed by atoms with E-state index in [-0.39, 0.29) is 19.1 Å². The van der Waals surface area contributed by atoms with E-state index in [0.29, 0.717) is 23.8 Å². The highest BCUT2D eigenvalue weighted by molar-refractivity contribution is 7.22. The Kier molecular flexibility index (Phi) is 4.67. The van der Waals surface area contributed by atoms with E-state index in [2.05, 4.69) is 10.3 Å². The third kappa shape index (κ3) is 3.63. The van der Waals surface area contributed by atoms with Gasteiger partial charge in [-0.25, -0.2) is 4.98 Å². The van der Waals surface area contributed by atoms with E-state index >= 15 is 0 Å². The Morgan fingerprint density at radius 3 is 3.11 bits per heavy atom. The molecule has 6 nitrogen and oxygen atoms in total. The molecule has 2 rings (SSSR count). The largest absolute Gasteiger partial charge is 0.394 e. The van der Waals surface area contributed by atoms with E-state index in [9.17, 15) is 4.79 Å². The Hall–Kier alpha value is -1.70. The summed E-state index contributed by atoms with van der Waals surface area (Å²) in [6, 6.07) is 5.26. The fourth-order valence-electron chi connectivity index (χ4n) is 1.59. The van der Waals surface area contributed by atoms with Crippen molar-refractivity contribution >= 4 is 32.6 Å². The quantitative estimate of drug-likeness (QED) is 0.674. The zero-order valence-electron chi connectivity index (χ0n) is 10.3. The minimum atomic E-state index is -0.165. The Balaban J connectivity index is 1.93. The summed E-state index contributed by atoms with van der Waals surface area (Å²) in [4.78, 5) is 16.0. The van der Waals surface area contributed by atoms with Crippen molar-refractivity contribution < 1.29 is 14.6 Å². The maximum absolute atomic E-state index is 11.9. The normalized spacial score (nSPS) is 10.8. The van der Waals surface area contributed by atoms with Gasteiger partial charge in [0.15, 0.2) is 5.13 Å². The molecule has 0 radical (unpaired) electrons. The number of carbonyl (C=O) groups excluding carboxylic acids is 1. The predicted molar refractivity (Wildman–Crippen MR) is 74.3 cm³/mol. The van der Waals surface area contributed by atoms with Crippen molar-refractivity contribution in [3.8, 4) is 0 Å². The van der Waals surface area contributed by atoms with Crippen LogP contribution < -0.4 is 11.1 Å². The number of aliphatic hydroxyl groups excluding tert-OH is 1. The fraction of sp³-hybridized carbons (Fsp3) is 0.333. The summed E-state index contributed by atoms with van der Waals surface area (Å²) in [5.41, 5.74) is 6.98. The molecule has 0 aliphatic heterocycles. The van der Waals surface area contributed by atoms with E-state index < -0.39 is 0 Å². The Morgan fingerprint density at radius 2 is 2.32 bits per heavy atom. The molecule has 1 amide bonds. The number of aromatic nitrogens is 1. The number of aliphatic hydroxyl groups is 1. The number of carbonyl (C=O) groups is 1. The van der Waals surface area contributed by atoms with E-state index in [1.807, 2.05) is 0 Å². The van der Waals surface area contributed by atoms with Gasteiger partial charge in [0.2, 0.25) is 0 Å². The summed E-state index contributed by atoms with van der Waals surface area (Å²) < 4.78 is 5.94. The molecular weight excluding hydrogens is 266 g/mol. The zero-order valence-corrected chi connectivity index (χ0v) is 11.1. The Morgan fingerprint density at radius 1 is 1.47 bits per heavy atom. The molecule has 1 aromatic heterocycles. The van der Waals surface area contributed by atoms with Crippen LogP contribution in [0.5, 0.6) is 0 Å². The number of nitrogens with two attached hydrogens (primary N) is 1. The lowest BCUT2D eigenvalue weighted by Crippen LogP contribution is -2.27. The number of ether oxygens (including phenoxy) is 1. The average Bonchev–Trinajstić information content (AvgIpc) is 2.77. The molecule has 1 heterocycles. The first-order valence-corrected chi connectivity index (χ1v) is 6.65. The molecule has 0 atom stereocenters. The number of anilines is 1. The second kappa shape index (κ2) is 6.46. The molecule has 7 heteroatoms. The lowest BCUT2D eigenvalue weighted by atomic mass is 10.2. The topological polar surface area (TPSA) is 97.5 Å². The van der Waals surface area contributed by atoms with Crippen LogP contribution in [0.15, 0.2) is 18.2 Å². The van der Waals surface area contributed by atoms with Crippen LogP contribution in [0.3, 0.4) is 0 Å². The zero-order chi connectivity index (χ0) is 13.7.